The molecule has 1 aromatic carbocycles. The second kappa shape index (κ2) is 4.86. The SMILES string of the molecule is Nc1onc(-c2ccc(Br)o2)c1-c1ccccc1Br. The summed E-state index contributed by atoms with van der Waals surface area (Å²) in [6.45, 7) is 0. The van der Waals surface area contributed by atoms with Crippen LogP contribution in [-0.2, 0) is 0 Å². The van der Waals surface area contributed by atoms with Crippen LogP contribution in [0, 0.1) is 0 Å². The number of furan rings is 1. The van der Waals surface area contributed by atoms with Gasteiger partial charge in [0.1, 0.15) is 0 Å². The van der Waals surface area contributed by atoms with Crippen molar-refractivity contribution < 1.29 is 8.94 Å². The average Bonchev–Trinajstić information content (AvgIpc) is 2.96. The van der Waals surface area contributed by atoms with E-state index >= 15 is 0 Å². The molecule has 0 saturated heterocycles. The summed E-state index contributed by atoms with van der Waals surface area (Å²) < 4.78 is 12.1. The van der Waals surface area contributed by atoms with Crippen LogP contribution < -0.4 is 5.73 Å². The van der Waals surface area contributed by atoms with Crippen molar-refractivity contribution in [3.05, 3.63) is 45.5 Å². The van der Waals surface area contributed by atoms with Crippen molar-refractivity contribution in [1.82, 2.24) is 5.16 Å². The van der Waals surface area contributed by atoms with Crippen molar-refractivity contribution in [2.45, 2.75) is 0 Å². The van der Waals surface area contributed by atoms with Gasteiger partial charge in [-0.2, -0.15) is 0 Å². The molecule has 6 heteroatoms. The van der Waals surface area contributed by atoms with Gasteiger partial charge in [0.2, 0.25) is 5.88 Å². The second-order valence-electron chi connectivity index (χ2n) is 3.85. The molecule has 0 fully saturated rings. The first kappa shape index (κ1) is 12.5. The fourth-order valence-electron chi connectivity index (χ4n) is 1.84. The van der Waals surface area contributed by atoms with Gasteiger partial charge in [0.25, 0.3) is 0 Å². The fraction of sp³-hybridized carbons (Fsp3) is 0. The summed E-state index contributed by atoms with van der Waals surface area (Å²) in [6, 6.07) is 11.3. The van der Waals surface area contributed by atoms with Gasteiger partial charge in [-0.1, -0.05) is 39.3 Å². The topological polar surface area (TPSA) is 65.2 Å². The minimum absolute atomic E-state index is 0.259. The normalized spacial score (nSPS) is 10.8. The summed E-state index contributed by atoms with van der Waals surface area (Å²) >= 11 is 6.76. The molecule has 0 amide bonds. The van der Waals surface area contributed by atoms with Gasteiger partial charge >= 0.3 is 0 Å². The molecule has 0 saturated carbocycles. The molecule has 19 heavy (non-hydrogen) atoms. The van der Waals surface area contributed by atoms with E-state index < -0.39 is 0 Å². The molecule has 0 aliphatic heterocycles. The second-order valence-corrected chi connectivity index (χ2v) is 5.49. The highest BCUT2D eigenvalue weighted by Gasteiger charge is 2.21. The van der Waals surface area contributed by atoms with Crippen LogP contribution in [0.4, 0.5) is 5.88 Å². The van der Waals surface area contributed by atoms with Crippen molar-refractivity contribution in [2.24, 2.45) is 0 Å². The van der Waals surface area contributed by atoms with Gasteiger partial charge in [0, 0.05) is 10.0 Å². The van der Waals surface area contributed by atoms with Crippen LogP contribution in [0.5, 0.6) is 0 Å². The molecule has 0 atom stereocenters. The zero-order chi connectivity index (χ0) is 13.4. The maximum Gasteiger partial charge on any atom is 0.230 e. The van der Waals surface area contributed by atoms with E-state index in [1.54, 1.807) is 6.07 Å². The number of anilines is 1. The number of aromatic nitrogens is 1. The highest BCUT2D eigenvalue weighted by atomic mass is 79.9. The van der Waals surface area contributed by atoms with E-state index in [0.29, 0.717) is 21.7 Å². The van der Waals surface area contributed by atoms with E-state index in [1.165, 1.54) is 0 Å². The van der Waals surface area contributed by atoms with E-state index in [0.717, 1.165) is 10.0 Å². The van der Waals surface area contributed by atoms with Gasteiger partial charge in [-0.05, 0) is 34.1 Å². The van der Waals surface area contributed by atoms with Crippen LogP contribution in [0.3, 0.4) is 0 Å². The molecule has 2 heterocycles. The first-order valence-electron chi connectivity index (χ1n) is 5.42. The number of nitrogens with zero attached hydrogens (tertiary/aromatic N) is 1. The van der Waals surface area contributed by atoms with Crippen LogP contribution in [0.15, 0.2) is 54.5 Å². The summed E-state index contributed by atoms with van der Waals surface area (Å²) in [4.78, 5) is 0. The summed E-state index contributed by atoms with van der Waals surface area (Å²) in [5, 5.41) is 3.98. The molecule has 4 nitrogen and oxygen atoms in total. The van der Waals surface area contributed by atoms with E-state index in [2.05, 4.69) is 37.0 Å². The number of halogens is 2. The smallest absolute Gasteiger partial charge is 0.230 e. The molecule has 0 aliphatic rings. The van der Waals surface area contributed by atoms with Crippen molar-refractivity contribution >= 4 is 37.7 Å². The fourth-order valence-corrected chi connectivity index (χ4v) is 2.63. The molecule has 0 radical (unpaired) electrons. The molecule has 0 unspecified atom stereocenters. The van der Waals surface area contributed by atoms with Gasteiger partial charge < -0.3 is 14.7 Å². The maximum atomic E-state index is 5.88. The lowest BCUT2D eigenvalue weighted by molar-refractivity contribution is 0.435. The Morgan fingerprint density at radius 3 is 2.53 bits per heavy atom. The van der Waals surface area contributed by atoms with Crippen LogP contribution >= 0.6 is 31.9 Å². The number of nitrogens with two attached hydrogens (primary N) is 1. The molecular formula is C13H8Br2N2O2. The summed E-state index contributed by atoms with van der Waals surface area (Å²) in [5.41, 5.74) is 8.09. The van der Waals surface area contributed by atoms with Crippen LogP contribution in [0.1, 0.15) is 0 Å². The Morgan fingerprint density at radius 1 is 1.05 bits per heavy atom. The van der Waals surface area contributed by atoms with E-state index in [-0.39, 0.29) is 5.88 Å². The number of rotatable bonds is 2. The Labute approximate surface area is 125 Å². The van der Waals surface area contributed by atoms with Gasteiger partial charge in [0.05, 0.1) is 5.56 Å². The third kappa shape index (κ3) is 2.21. The van der Waals surface area contributed by atoms with Crippen LogP contribution in [-0.4, -0.2) is 5.16 Å². The molecular weight excluding hydrogens is 376 g/mol. The Balaban J connectivity index is 2.22. The molecule has 2 N–H and O–H groups in total. The largest absolute Gasteiger partial charge is 0.448 e. The van der Waals surface area contributed by atoms with Crippen LogP contribution in [0.25, 0.3) is 22.6 Å². The minimum atomic E-state index is 0.259. The molecule has 0 bridgehead atoms. The Hall–Kier alpha value is -1.53. The lowest BCUT2D eigenvalue weighted by Gasteiger charge is -2.03. The highest BCUT2D eigenvalue weighted by Crippen LogP contribution is 2.40. The number of hydrogen-bond donors (Lipinski definition) is 1. The zero-order valence-electron chi connectivity index (χ0n) is 9.56. The van der Waals surface area contributed by atoms with Crippen LogP contribution in [0.2, 0.25) is 0 Å². The molecule has 3 rings (SSSR count). The maximum absolute atomic E-state index is 5.88. The quantitative estimate of drug-likeness (QED) is 0.695. The van der Waals surface area contributed by atoms with Gasteiger partial charge in [-0.15, -0.1) is 0 Å². The third-order valence-corrected chi connectivity index (χ3v) is 3.79. The number of benzene rings is 1. The highest BCUT2D eigenvalue weighted by molar-refractivity contribution is 9.10. The number of hydrogen-bond acceptors (Lipinski definition) is 4. The lowest BCUT2D eigenvalue weighted by atomic mass is 10.0. The molecule has 3 aromatic rings. The Kier molecular flexibility index (Phi) is 3.20. The van der Waals surface area contributed by atoms with E-state index in [4.69, 9.17) is 14.7 Å². The van der Waals surface area contributed by atoms with Gasteiger partial charge in [-0.3, -0.25) is 0 Å². The third-order valence-electron chi connectivity index (χ3n) is 2.67. The summed E-state index contributed by atoms with van der Waals surface area (Å²) in [5.74, 6) is 0.854. The predicted molar refractivity (Wildman–Crippen MR) is 79.5 cm³/mol. The first-order chi connectivity index (χ1) is 9.16. The van der Waals surface area contributed by atoms with Crippen molar-refractivity contribution in [2.75, 3.05) is 5.73 Å². The zero-order valence-corrected chi connectivity index (χ0v) is 12.7. The average molecular weight is 384 g/mol. The Bertz CT molecular complexity index is 734. The van der Waals surface area contributed by atoms with Crippen molar-refractivity contribution in [3.63, 3.8) is 0 Å². The lowest BCUT2D eigenvalue weighted by Crippen LogP contribution is -1.88. The predicted octanol–water partition coefficient (Wildman–Crippen LogP) is 4.71. The van der Waals surface area contributed by atoms with E-state index in [9.17, 15) is 0 Å². The monoisotopic (exact) mass is 382 g/mol. The standard InChI is InChI=1S/C13H8Br2N2O2/c14-8-4-2-1-3-7(8)11-12(17-19-13(11)16)9-5-6-10(15)18-9/h1-6H,16H2. The van der Waals surface area contributed by atoms with Gasteiger partial charge in [-0.25, -0.2) is 0 Å². The minimum Gasteiger partial charge on any atom is -0.448 e. The summed E-state index contributed by atoms with van der Waals surface area (Å²) in [7, 11) is 0. The van der Waals surface area contributed by atoms with E-state index in [1.807, 2.05) is 30.3 Å². The summed E-state index contributed by atoms with van der Waals surface area (Å²) in [6.07, 6.45) is 0. The van der Waals surface area contributed by atoms with Gasteiger partial charge in [0.15, 0.2) is 16.1 Å². The number of nitrogen functional groups attached to an aromatic ring is 1. The molecule has 2 aromatic heterocycles. The molecule has 96 valence electrons. The van der Waals surface area contributed by atoms with Crippen molar-refractivity contribution in [1.29, 1.82) is 0 Å². The first-order valence-corrected chi connectivity index (χ1v) is 7.01. The molecule has 0 aliphatic carbocycles. The molecule has 0 spiro atoms. The van der Waals surface area contributed by atoms with Crippen molar-refractivity contribution in [3.8, 4) is 22.6 Å². The Morgan fingerprint density at radius 2 is 1.84 bits per heavy atom.